The maximum Gasteiger partial charge on any atom is 0.158 e. The summed E-state index contributed by atoms with van der Waals surface area (Å²) in [6.45, 7) is 8.57. The number of allylic oxidation sites excluding steroid dienone is 2. The van der Waals surface area contributed by atoms with Gasteiger partial charge in [-0.15, -0.1) is 0 Å². The summed E-state index contributed by atoms with van der Waals surface area (Å²) in [5, 5.41) is 1.14. The molecule has 1 aromatic heterocycles. The van der Waals surface area contributed by atoms with E-state index < -0.39 is 0 Å². The second kappa shape index (κ2) is 8.55. The fourth-order valence-corrected chi connectivity index (χ4v) is 4.65. The number of fused-ring (bicyclic) bond motifs is 3. The highest BCUT2D eigenvalue weighted by molar-refractivity contribution is 5.97. The van der Waals surface area contributed by atoms with E-state index >= 15 is 0 Å². The van der Waals surface area contributed by atoms with E-state index in [0.717, 1.165) is 79.4 Å². The minimum Gasteiger partial charge on any atom is -0.497 e. The molecule has 0 amide bonds. The number of carbonyl (C=O) groups excluding carboxylic acids is 1. The Morgan fingerprint density at radius 1 is 1.04 bits per heavy atom. The molecule has 0 radical (unpaired) electrons. The normalized spacial score (nSPS) is 19.4. The highest BCUT2D eigenvalue weighted by Crippen LogP contribution is 2.42. The van der Waals surface area contributed by atoms with Gasteiger partial charge in [0.15, 0.2) is 5.78 Å². The number of ketones is 1. The van der Waals surface area contributed by atoms with E-state index in [2.05, 4.69) is 19.9 Å². The molecule has 0 bridgehead atoms. The van der Waals surface area contributed by atoms with Gasteiger partial charge >= 0.3 is 0 Å². The molecule has 2 aromatic rings. The van der Waals surface area contributed by atoms with E-state index in [1.54, 1.807) is 7.11 Å². The van der Waals surface area contributed by atoms with Crippen LogP contribution in [0, 0.1) is 0 Å². The summed E-state index contributed by atoms with van der Waals surface area (Å²) in [5.41, 5.74) is 4.63. The van der Waals surface area contributed by atoms with Gasteiger partial charge in [0.25, 0.3) is 0 Å². The van der Waals surface area contributed by atoms with Crippen molar-refractivity contribution in [3.63, 3.8) is 0 Å². The lowest BCUT2D eigenvalue weighted by atomic mass is 9.77. The molecule has 0 unspecified atom stereocenters. The van der Waals surface area contributed by atoms with Gasteiger partial charge in [0.1, 0.15) is 17.1 Å². The number of furan rings is 1. The molecule has 3 heteroatoms. The van der Waals surface area contributed by atoms with Gasteiger partial charge in [0.2, 0.25) is 0 Å². The van der Waals surface area contributed by atoms with Gasteiger partial charge in [-0.3, -0.25) is 4.79 Å². The largest absolute Gasteiger partial charge is 0.497 e. The Kier molecular flexibility index (Phi) is 6.32. The molecule has 4 rings (SSSR count). The molecule has 28 heavy (non-hydrogen) atoms. The second-order valence-corrected chi connectivity index (χ2v) is 8.40. The van der Waals surface area contributed by atoms with Crippen molar-refractivity contribution in [2.45, 2.75) is 84.5 Å². The summed E-state index contributed by atoms with van der Waals surface area (Å²) in [4.78, 5) is 12.5. The molecular formula is C25H34O3. The Morgan fingerprint density at radius 2 is 1.82 bits per heavy atom. The van der Waals surface area contributed by atoms with Crippen molar-refractivity contribution in [1.29, 1.82) is 0 Å². The first-order valence-corrected chi connectivity index (χ1v) is 10.8. The number of Topliss-reactive ketones (excluding diaryl/α,β-unsaturated/α-hetero) is 1. The SMILES string of the molecule is CC.COc1ccc2oc3c(c2c1)CC1=C(CCCCC3(C)C)C(=O)CCC1. The van der Waals surface area contributed by atoms with Gasteiger partial charge in [-0.25, -0.2) is 0 Å². The average Bonchev–Trinajstić information content (AvgIpc) is 3.06. The molecule has 0 atom stereocenters. The number of rotatable bonds is 1. The Labute approximate surface area is 169 Å². The van der Waals surface area contributed by atoms with Crippen molar-refractivity contribution in [2.75, 3.05) is 7.11 Å². The molecule has 0 fully saturated rings. The topological polar surface area (TPSA) is 39.4 Å². The number of benzene rings is 1. The quantitative estimate of drug-likeness (QED) is 0.538. The number of carbonyl (C=O) groups is 1. The maximum absolute atomic E-state index is 12.5. The molecule has 1 heterocycles. The van der Waals surface area contributed by atoms with Crippen LogP contribution in [0.25, 0.3) is 11.0 Å². The van der Waals surface area contributed by atoms with E-state index in [4.69, 9.17) is 9.15 Å². The molecular weight excluding hydrogens is 348 g/mol. The monoisotopic (exact) mass is 382 g/mol. The van der Waals surface area contributed by atoms with Gasteiger partial charge < -0.3 is 9.15 Å². The maximum atomic E-state index is 12.5. The highest BCUT2D eigenvalue weighted by atomic mass is 16.5. The molecule has 152 valence electrons. The van der Waals surface area contributed by atoms with Crippen LogP contribution in [0.2, 0.25) is 0 Å². The van der Waals surface area contributed by atoms with Crippen LogP contribution in [0.3, 0.4) is 0 Å². The van der Waals surface area contributed by atoms with Crippen molar-refractivity contribution >= 4 is 16.8 Å². The van der Waals surface area contributed by atoms with E-state index in [9.17, 15) is 4.79 Å². The number of methoxy groups -OCH3 is 1. The average molecular weight is 383 g/mol. The van der Waals surface area contributed by atoms with Crippen molar-refractivity contribution < 1.29 is 13.9 Å². The molecule has 2 aliphatic rings. The minimum atomic E-state index is -0.00166. The lowest BCUT2D eigenvalue weighted by Gasteiger charge is -2.27. The zero-order valence-electron chi connectivity index (χ0n) is 18.1. The third-order valence-corrected chi connectivity index (χ3v) is 6.13. The fraction of sp³-hybridized carbons (Fsp3) is 0.560. The van der Waals surface area contributed by atoms with Crippen LogP contribution in [0.1, 0.15) is 84.0 Å². The Bertz CT molecular complexity index is 883. The van der Waals surface area contributed by atoms with Crippen LogP contribution >= 0.6 is 0 Å². The smallest absolute Gasteiger partial charge is 0.158 e. The standard InChI is InChI=1S/C23H28O3.C2H6/c1-23(2)12-5-4-8-17-15(7-6-9-20(17)24)13-19-18-14-16(25-3)10-11-21(18)26-22(19)23;1-2/h10-11,14H,4-9,12-13H2,1-3H3;1-2H3. The van der Waals surface area contributed by atoms with E-state index in [1.807, 2.05) is 26.0 Å². The summed E-state index contributed by atoms with van der Waals surface area (Å²) in [6.07, 6.45) is 7.81. The summed E-state index contributed by atoms with van der Waals surface area (Å²) < 4.78 is 11.8. The first-order chi connectivity index (χ1) is 13.5. The highest BCUT2D eigenvalue weighted by Gasteiger charge is 2.32. The fourth-order valence-electron chi connectivity index (χ4n) is 4.65. The lowest BCUT2D eigenvalue weighted by Crippen LogP contribution is -2.21. The summed E-state index contributed by atoms with van der Waals surface area (Å²) in [6, 6.07) is 6.06. The third-order valence-electron chi connectivity index (χ3n) is 6.13. The zero-order valence-corrected chi connectivity index (χ0v) is 18.1. The van der Waals surface area contributed by atoms with Crippen LogP contribution < -0.4 is 4.74 Å². The Balaban J connectivity index is 0.00000109. The van der Waals surface area contributed by atoms with Crippen LogP contribution in [-0.2, 0) is 16.6 Å². The minimum absolute atomic E-state index is 0.00166. The van der Waals surface area contributed by atoms with E-state index in [0.29, 0.717) is 5.78 Å². The predicted molar refractivity (Wildman–Crippen MR) is 115 cm³/mol. The van der Waals surface area contributed by atoms with E-state index in [-0.39, 0.29) is 5.41 Å². The van der Waals surface area contributed by atoms with E-state index in [1.165, 1.54) is 11.1 Å². The summed E-state index contributed by atoms with van der Waals surface area (Å²) in [7, 11) is 1.70. The number of ether oxygens (including phenoxy) is 1. The molecule has 2 aliphatic carbocycles. The first-order valence-electron chi connectivity index (χ1n) is 10.8. The zero-order chi connectivity index (χ0) is 20.3. The molecule has 1 aromatic carbocycles. The van der Waals surface area contributed by atoms with Crippen LogP contribution in [0.15, 0.2) is 33.8 Å². The first kappa shape index (κ1) is 20.7. The second-order valence-electron chi connectivity index (χ2n) is 8.40. The molecule has 0 saturated carbocycles. The Morgan fingerprint density at radius 3 is 2.57 bits per heavy atom. The van der Waals surface area contributed by atoms with Gasteiger partial charge in [-0.05, 0) is 62.3 Å². The van der Waals surface area contributed by atoms with Crippen LogP contribution in [0.5, 0.6) is 5.75 Å². The van der Waals surface area contributed by atoms with Crippen LogP contribution in [0.4, 0.5) is 0 Å². The van der Waals surface area contributed by atoms with Crippen molar-refractivity contribution in [2.24, 2.45) is 0 Å². The molecule has 0 saturated heterocycles. The Hall–Kier alpha value is -2.03. The molecule has 3 nitrogen and oxygen atoms in total. The number of hydrogen-bond acceptors (Lipinski definition) is 3. The van der Waals surface area contributed by atoms with Crippen LogP contribution in [-0.4, -0.2) is 12.9 Å². The summed E-state index contributed by atoms with van der Waals surface area (Å²) >= 11 is 0. The molecule has 0 N–H and O–H groups in total. The van der Waals surface area contributed by atoms with Gasteiger partial charge in [-0.1, -0.05) is 39.7 Å². The van der Waals surface area contributed by atoms with Gasteiger partial charge in [0.05, 0.1) is 7.11 Å². The third kappa shape index (κ3) is 3.90. The van der Waals surface area contributed by atoms with Crippen molar-refractivity contribution in [3.05, 3.63) is 40.7 Å². The van der Waals surface area contributed by atoms with Crippen molar-refractivity contribution in [3.8, 4) is 5.75 Å². The molecule has 0 spiro atoms. The number of hydrogen-bond donors (Lipinski definition) is 0. The molecule has 0 aliphatic heterocycles. The van der Waals surface area contributed by atoms with Gasteiger partial charge in [0, 0.05) is 22.8 Å². The predicted octanol–water partition coefficient (Wildman–Crippen LogP) is 6.91. The lowest BCUT2D eigenvalue weighted by molar-refractivity contribution is -0.116. The van der Waals surface area contributed by atoms with Gasteiger partial charge in [-0.2, -0.15) is 0 Å². The summed E-state index contributed by atoms with van der Waals surface area (Å²) in [5.74, 6) is 2.32. The van der Waals surface area contributed by atoms with Crippen molar-refractivity contribution in [1.82, 2.24) is 0 Å².